The van der Waals surface area contributed by atoms with Crippen LogP contribution < -0.4 is 4.74 Å². The Morgan fingerprint density at radius 2 is 2.04 bits per heavy atom. The lowest BCUT2D eigenvalue weighted by atomic mass is 10.1. The zero-order valence-corrected chi connectivity index (χ0v) is 13.7. The Hall–Kier alpha value is -2.50. The van der Waals surface area contributed by atoms with E-state index < -0.39 is 10.0 Å². The molecular weight excluding hydrogens is 328 g/mol. The van der Waals surface area contributed by atoms with Crippen molar-refractivity contribution in [2.45, 2.75) is 23.8 Å². The monoisotopic (exact) mass is 344 g/mol. The normalized spacial score (nSPS) is 18.7. The summed E-state index contributed by atoms with van der Waals surface area (Å²) in [6.45, 7) is 0.710. The lowest BCUT2D eigenvalue weighted by molar-refractivity contribution is 0.123. The number of ether oxygens (including phenoxy) is 1. The van der Waals surface area contributed by atoms with Crippen molar-refractivity contribution in [3.05, 3.63) is 48.2 Å². The van der Waals surface area contributed by atoms with Crippen LogP contribution in [0.5, 0.6) is 5.88 Å². The predicted octanol–water partition coefficient (Wildman–Crippen LogP) is 1.58. The Morgan fingerprint density at radius 3 is 2.71 bits per heavy atom. The van der Waals surface area contributed by atoms with Crippen molar-refractivity contribution in [1.82, 2.24) is 14.5 Å². The number of sulfonamides is 1. The molecular formula is C16H16N4O3S. The lowest BCUT2D eigenvalue weighted by Crippen LogP contribution is -2.44. The van der Waals surface area contributed by atoms with E-state index in [1.165, 1.54) is 28.6 Å². The molecule has 0 aliphatic carbocycles. The lowest BCUT2D eigenvalue weighted by Gasteiger charge is -2.31. The van der Waals surface area contributed by atoms with Crippen LogP contribution >= 0.6 is 0 Å². The number of rotatable bonds is 4. The zero-order chi connectivity index (χ0) is 17.0. The summed E-state index contributed by atoms with van der Waals surface area (Å²) < 4.78 is 32.6. The van der Waals surface area contributed by atoms with Crippen LogP contribution in [0, 0.1) is 11.3 Å². The topological polar surface area (TPSA) is 96.2 Å². The molecule has 2 aromatic rings. The van der Waals surface area contributed by atoms with E-state index in [1.54, 1.807) is 18.3 Å². The fourth-order valence-electron chi connectivity index (χ4n) is 2.59. The van der Waals surface area contributed by atoms with E-state index in [0.29, 0.717) is 24.4 Å². The molecule has 1 aromatic carbocycles. The van der Waals surface area contributed by atoms with Gasteiger partial charge in [0.2, 0.25) is 15.9 Å². The van der Waals surface area contributed by atoms with Gasteiger partial charge in [-0.15, -0.1) is 5.10 Å². The zero-order valence-electron chi connectivity index (χ0n) is 12.9. The summed E-state index contributed by atoms with van der Waals surface area (Å²) in [6.07, 6.45) is 2.76. The van der Waals surface area contributed by atoms with Crippen LogP contribution in [-0.2, 0) is 10.0 Å². The van der Waals surface area contributed by atoms with Gasteiger partial charge in [0.25, 0.3) is 0 Å². The molecule has 2 heterocycles. The Kier molecular flexibility index (Phi) is 4.74. The van der Waals surface area contributed by atoms with Gasteiger partial charge in [0, 0.05) is 18.8 Å². The first-order valence-electron chi connectivity index (χ1n) is 7.54. The average molecular weight is 344 g/mol. The fourth-order valence-corrected chi connectivity index (χ4v) is 4.10. The average Bonchev–Trinajstić information content (AvgIpc) is 2.63. The predicted molar refractivity (Wildman–Crippen MR) is 85.6 cm³/mol. The van der Waals surface area contributed by atoms with Gasteiger partial charge in [-0.2, -0.15) is 14.7 Å². The van der Waals surface area contributed by atoms with Crippen LogP contribution in [0.15, 0.2) is 47.5 Å². The van der Waals surface area contributed by atoms with Crippen LogP contribution in [0.2, 0.25) is 0 Å². The van der Waals surface area contributed by atoms with Crippen molar-refractivity contribution < 1.29 is 13.2 Å². The third-order valence-electron chi connectivity index (χ3n) is 3.80. The van der Waals surface area contributed by atoms with Crippen LogP contribution in [0.3, 0.4) is 0 Å². The fraction of sp³-hybridized carbons (Fsp3) is 0.312. The summed E-state index contributed by atoms with van der Waals surface area (Å²) in [5.41, 5.74) is 0.427. The number of nitriles is 1. The second-order valence-corrected chi connectivity index (χ2v) is 7.38. The van der Waals surface area contributed by atoms with Crippen LogP contribution in [0.25, 0.3) is 0 Å². The molecule has 3 rings (SSSR count). The number of piperidine rings is 1. The molecule has 0 N–H and O–H groups in total. The molecule has 0 saturated carbocycles. The second-order valence-electron chi connectivity index (χ2n) is 5.44. The van der Waals surface area contributed by atoms with Crippen molar-refractivity contribution >= 4 is 10.0 Å². The van der Waals surface area contributed by atoms with Crippen molar-refractivity contribution in [3.63, 3.8) is 0 Å². The summed E-state index contributed by atoms with van der Waals surface area (Å²) in [5.74, 6) is 0.389. The number of hydrogen-bond donors (Lipinski definition) is 0. The van der Waals surface area contributed by atoms with E-state index in [4.69, 9.17) is 10.00 Å². The maximum Gasteiger partial charge on any atom is 0.243 e. The van der Waals surface area contributed by atoms with Crippen molar-refractivity contribution in [2.75, 3.05) is 13.1 Å². The van der Waals surface area contributed by atoms with Gasteiger partial charge in [0.05, 0.1) is 23.1 Å². The van der Waals surface area contributed by atoms with Gasteiger partial charge < -0.3 is 4.74 Å². The molecule has 1 unspecified atom stereocenters. The Balaban J connectivity index is 1.74. The number of hydrogen-bond acceptors (Lipinski definition) is 6. The van der Waals surface area contributed by atoms with E-state index >= 15 is 0 Å². The highest BCUT2D eigenvalue weighted by Gasteiger charge is 2.31. The Morgan fingerprint density at radius 1 is 1.25 bits per heavy atom. The van der Waals surface area contributed by atoms with E-state index in [-0.39, 0.29) is 17.5 Å². The minimum atomic E-state index is -3.60. The standard InChI is InChI=1S/C16H16N4O3S/c17-11-13-5-7-15(8-6-13)24(21,22)20-10-2-3-14(12-20)23-16-4-1-9-18-19-16/h1,4-9,14H,2-3,10,12H2. The molecule has 1 aromatic heterocycles. The van der Waals surface area contributed by atoms with Crippen LogP contribution in [-0.4, -0.2) is 42.1 Å². The van der Waals surface area contributed by atoms with Gasteiger partial charge >= 0.3 is 0 Å². The number of aromatic nitrogens is 2. The van der Waals surface area contributed by atoms with Crippen LogP contribution in [0.1, 0.15) is 18.4 Å². The second kappa shape index (κ2) is 6.95. The van der Waals surface area contributed by atoms with Crippen LogP contribution in [0.4, 0.5) is 0 Å². The van der Waals surface area contributed by atoms with Crippen molar-refractivity contribution in [3.8, 4) is 11.9 Å². The van der Waals surface area contributed by atoms with E-state index in [0.717, 1.165) is 6.42 Å². The molecule has 1 aliphatic rings. The molecule has 7 nitrogen and oxygen atoms in total. The number of benzene rings is 1. The van der Waals surface area contributed by atoms with E-state index in [2.05, 4.69) is 10.2 Å². The summed E-state index contributed by atoms with van der Waals surface area (Å²) in [7, 11) is -3.60. The summed E-state index contributed by atoms with van der Waals surface area (Å²) in [5, 5.41) is 16.4. The molecule has 8 heteroatoms. The van der Waals surface area contributed by atoms with Crippen molar-refractivity contribution in [1.29, 1.82) is 5.26 Å². The van der Waals surface area contributed by atoms with Gasteiger partial charge in [-0.3, -0.25) is 0 Å². The molecule has 124 valence electrons. The van der Waals surface area contributed by atoms with Gasteiger partial charge in [-0.25, -0.2) is 8.42 Å². The largest absolute Gasteiger partial charge is 0.472 e. The summed E-state index contributed by atoms with van der Waals surface area (Å²) in [4.78, 5) is 0.182. The SMILES string of the molecule is N#Cc1ccc(S(=O)(=O)N2CCCC(Oc3cccnn3)C2)cc1. The first kappa shape index (κ1) is 16.4. The Bertz CT molecular complexity index is 832. The molecule has 1 atom stereocenters. The summed E-state index contributed by atoms with van der Waals surface area (Å²) in [6, 6.07) is 11.3. The highest BCUT2D eigenvalue weighted by Crippen LogP contribution is 2.23. The Labute approximate surface area is 140 Å². The maximum absolute atomic E-state index is 12.7. The first-order valence-corrected chi connectivity index (χ1v) is 8.98. The third-order valence-corrected chi connectivity index (χ3v) is 5.68. The first-order chi connectivity index (χ1) is 11.6. The van der Waals surface area contributed by atoms with Crippen molar-refractivity contribution in [2.24, 2.45) is 0 Å². The molecule has 1 aliphatic heterocycles. The molecule has 0 radical (unpaired) electrons. The van der Waals surface area contributed by atoms with Gasteiger partial charge in [0.1, 0.15) is 6.10 Å². The quantitative estimate of drug-likeness (QED) is 0.835. The molecule has 1 fully saturated rings. The maximum atomic E-state index is 12.7. The van der Waals surface area contributed by atoms with Gasteiger partial charge in [-0.1, -0.05) is 0 Å². The number of nitrogens with zero attached hydrogens (tertiary/aromatic N) is 4. The minimum absolute atomic E-state index is 0.182. The smallest absolute Gasteiger partial charge is 0.243 e. The van der Waals surface area contributed by atoms with Gasteiger partial charge in [0.15, 0.2) is 0 Å². The third kappa shape index (κ3) is 3.53. The van der Waals surface area contributed by atoms with Gasteiger partial charge in [-0.05, 0) is 43.2 Å². The van der Waals surface area contributed by atoms with E-state index in [1.807, 2.05) is 6.07 Å². The summed E-state index contributed by atoms with van der Waals surface area (Å²) >= 11 is 0. The molecule has 0 bridgehead atoms. The molecule has 0 amide bonds. The highest BCUT2D eigenvalue weighted by atomic mass is 32.2. The minimum Gasteiger partial charge on any atom is -0.472 e. The molecule has 24 heavy (non-hydrogen) atoms. The molecule has 0 spiro atoms. The molecule has 1 saturated heterocycles. The highest BCUT2D eigenvalue weighted by molar-refractivity contribution is 7.89. The van der Waals surface area contributed by atoms with E-state index in [9.17, 15) is 8.42 Å².